The van der Waals surface area contributed by atoms with Crippen LogP contribution in [0.2, 0.25) is 0 Å². The Morgan fingerprint density at radius 2 is 1.73 bits per heavy atom. The minimum absolute atomic E-state index is 0. The summed E-state index contributed by atoms with van der Waals surface area (Å²) in [5.41, 5.74) is 3.12. The highest BCUT2D eigenvalue weighted by Gasteiger charge is 2.25. The van der Waals surface area contributed by atoms with E-state index in [1.54, 1.807) is 19.6 Å². The summed E-state index contributed by atoms with van der Waals surface area (Å²) in [7, 11) is 1.66. The maximum Gasteiger partial charge on any atom is 0.229 e. The number of fused-ring (bicyclic) bond motifs is 1. The summed E-state index contributed by atoms with van der Waals surface area (Å²) in [6.07, 6.45) is 6.67. The number of ether oxygens (including phenoxy) is 1. The lowest BCUT2D eigenvalue weighted by Gasteiger charge is -2.24. The number of amides is 1. The number of hydrogen-bond donors (Lipinski definition) is 0. The first kappa shape index (κ1) is 26.4. The van der Waals surface area contributed by atoms with Crippen molar-refractivity contribution in [3.63, 3.8) is 0 Å². The third-order valence-electron chi connectivity index (χ3n) is 6.26. The van der Waals surface area contributed by atoms with Crippen molar-refractivity contribution in [2.24, 2.45) is 0 Å². The van der Waals surface area contributed by atoms with E-state index in [0.29, 0.717) is 18.1 Å². The fourth-order valence-corrected chi connectivity index (χ4v) is 5.41. The quantitative estimate of drug-likeness (QED) is 0.204. The Kier molecular flexibility index (Phi) is 8.93. The second-order valence-corrected chi connectivity index (χ2v) is 9.62. The lowest BCUT2D eigenvalue weighted by Crippen LogP contribution is -2.33. The maximum absolute atomic E-state index is 13.9. The van der Waals surface area contributed by atoms with Crippen LogP contribution in [-0.4, -0.2) is 34.1 Å². The standard InChI is InChI=1S/C29H28N4O2S.ClH/c1-35-24-13-14-26-27(19-24)36-29(31-26)33(17-8-16-32-18-15-30-21-32)28(34)20-25(22-9-4-2-5-10-22)23-11-6-3-7-12-23;/h2-7,9-15,18-19,21,25H,8,16-17,20H2,1H3;1H. The van der Waals surface area contributed by atoms with E-state index >= 15 is 0 Å². The number of carbonyl (C=O) groups excluding carboxylic acids is 1. The molecule has 0 N–H and O–H groups in total. The molecule has 0 radical (unpaired) electrons. The Bertz CT molecular complexity index is 1370. The summed E-state index contributed by atoms with van der Waals surface area (Å²) < 4.78 is 8.42. The van der Waals surface area contributed by atoms with Crippen molar-refractivity contribution in [1.29, 1.82) is 0 Å². The highest BCUT2D eigenvalue weighted by atomic mass is 35.5. The minimum Gasteiger partial charge on any atom is -0.497 e. The lowest BCUT2D eigenvalue weighted by molar-refractivity contribution is -0.118. The van der Waals surface area contributed by atoms with Gasteiger partial charge in [0.1, 0.15) is 5.75 Å². The van der Waals surface area contributed by atoms with Gasteiger partial charge >= 0.3 is 0 Å². The normalized spacial score (nSPS) is 10.9. The Morgan fingerprint density at radius 1 is 1.03 bits per heavy atom. The van der Waals surface area contributed by atoms with Crippen molar-refractivity contribution < 1.29 is 9.53 Å². The topological polar surface area (TPSA) is 60.2 Å². The number of rotatable bonds is 10. The van der Waals surface area contributed by atoms with Crippen LogP contribution in [0.25, 0.3) is 10.2 Å². The predicted octanol–water partition coefficient (Wildman–Crippen LogP) is 6.57. The molecule has 0 aliphatic rings. The first-order chi connectivity index (χ1) is 17.7. The third-order valence-corrected chi connectivity index (χ3v) is 7.30. The molecule has 190 valence electrons. The summed E-state index contributed by atoms with van der Waals surface area (Å²) in [6, 6.07) is 26.3. The van der Waals surface area contributed by atoms with Crippen molar-refractivity contribution in [2.75, 3.05) is 18.6 Å². The Labute approximate surface area is 227 Å². The van der Waals surface area contributed by atoms with Crippen LogP contribution in [0.4, 0.5) is 5.13 Å². The Morgan fingerprint density at radius 3 is 2.35 bits per heavy atom. The molecule has 3 aromatic carbocycles. The number of methoxy groups -OCH3 is 1. The molecule has 0 unspecified atom stereocenters. The first-order valence-corrected chi connectivity index (χ1v) is 12.8. The number of hydrogen-bond acceptors (Lipinski definition) is 5. The van der Waals surface area contributed by atoms with Gasteiger partial charge in [0.25, 0.3) is 0 Å². The number of nitrogens with zero attached hydrogens (tertiary/aromatic N) is 4. The smallest absolute Gasteiger partial charge is 0.229 e. The highest BCUT2D eigenvalue weighted by Crippen LogP contribution is 2.34. The van der Waals surface area contributed by atoms with E-state index in [-0.39, 0.29) is 24.2 Å². The fourth-order valence-electron chi connectivity index (χ4n) is 4.38. The van der Waals surface area contributed by atoms with Crippen LogP contribution in [-0.2, 0) is 11.3 Å². The van der Waals surface area contributed by atoms with Crippen molar-refractivity contribution in [3.8, 4) is 5.75 Å². The summed E-state index contributed by atoms with van der Waals surface area (Å²) in [5.74, 6) is 0.804. The molecule has 5 aromatic rings. The van der Waals surface area contributed by atoms with Gasteiger partial charge in [0, 0.05) is 37.8 Å². The van der Waals surface area contributed by atoms with E-state index in [0.717, 1.165) is 40.1 Å². The van der Waals surface area contributed by atoms with Gasteiger partial charge in [-0.2, -0.15) is 0 Å². The number of halogens is 1. The van der Waals surface area contributed by atoms with E-state index in [4.69, 9.17) is 9.72 Å². The molecule has 0 fully saturated rings. The van der Waals surface area contributed by atoms with Crippen molar-refractivity contribution in [1.82, 2.24) is 14.5 Å². The van der Waals surface area contributed by atoms with Gasteiger partial charge in [0.2, 0.25) is 5.91 Å². The van der Waals surface area contributed by atoms with E-state index in [2.05, 4.69) is 29.2 Å². The van der Waals surface area contributed by atoms with Crippen LogP contribution in [0.3, 0.4) is 0 Å². The fraction of sp³-hybridized carbons (Fsp3) is 0.207. The average Bonchev–Trinajstić information content (AvgIpc) is 3.60. The number of aromatic nitrogens is 3. The van der Waals surface area contributed by atoms with Gasteiger partial charge in [0.15, 0.2) is 5.13 Å². The summed E-state index contributed by atoms with van der Waals surface area (Å²) in [5, 5.41) is 0.716. The molecule has 8 heteroatoms. The van der Waals surface area contributed by atoms with Gasteiger partial charge < -0.3 is 9.30 Å². The maximum atomic E-state index is 13.9. The van der Waals surface area contributed by atoms with Crippen LogP contribution in [0.15, 0.2) is 97.6 Å². The minimum atomic E-state index is -0.0366. The van der Waals surface area contributed by atoms with E-state index in [1.807, 2.05) is 70.3 Å². The second kappa shape index (κ2) is 12.5. The number of benzene rings is 3. The molecule has 0 saturated carbocycles. The number of aryl methyl sites for hydroxylation is 1. The van der Waals surface area contributed by atoms with Crippen molar-refractivity contribution >= 4 is 45.0 Å². The highest BCUT2D eigenvalue weighted by molar-refractivity contribution is 7.22. The van der Waals surface area contributed by atoms with Crippen LogP contribution < -0.4 is 9.64 Å². The molecule has 2 heterocycles. The average molecular weight is 533 g/mol. The summed E-state index contributed by atoms with van der Waals surface area (Å²) >= 11 is 1.52. The molecule has 0 bridgehead atoms. The predicted molar refractivity (Wildman–Crippen MR) is 152 cm³/mol. The summed E-state index contributed by atoms with van der Waals surface area (Å²) in [4.78, 5) is 24.7. The first-order valence-electron chi connectivity index (χ1n) is 12.0. The Hall–Kier alpha value is -3.68. The van der Waals surface area contributed by atoms with Gasteiger partial charge in [0.05, 0.1) is 23.7 Å². The van der Waals surface area contributed by atoms with Crippen LogP contribution in [0.1, 0.15) is 29.9 Å². The van der Waals surface area contributed by atoms with Crippen molar-refractivity contribution in [3.05, 3.63) is 109 Å². The molecule has 2 aromatic heterocycles. The number of thiazole rings is 1. The molecular weight excluding hydrogens is 504 g/mol. The van der Waals surface area contributed by atoms with Crippen LogP contribution >= 0.6 is 23.7 Å². The van der Waals surface area contributed by atoms with E-state index < -0.39 is 0 Å². The van der Waals surface area contributed by atoms with Gasteiger partial charge in [-0.1, -0.05) is 72.0 Å². The molecule has 0 spiro atoms. The van der Waals surface area contributed by atoms with Crippen LogP contribution in [0, 0.1) is 0 Å². The molecule has 37 heavy (non-hydrogen) atoms. The largest absolute Gasteiger partial charge is 0.497 e. The third kappa shape index (κ3) is 6.37. The molecule has 5 rings (SSSR count). The Balaban J connectivity index is 0.00000320. The lowest BCUT2D eigenvalue weighted by atomic mass is 9.88. The van der Waals surface area contributed by atoms with Crippen molar-refractivity contribution in [2.45, 2.75) is 25.3 Å². The number of imidazole rings is 1. The molecule has 0 saturated heterocycles. The zero-order chi connectivity index (χ0) is 24.7. The van der Waals surface area contributed by atoms with Crippen LogP contribution in [0.5, 0.6) is 5.75 Å². The van der Waals surface area contributed by atoms with Gasteiger partial charge in [-0.15, -0.1) is 12.4 Å². The zero-order valence-corrected chi connectivity index (χ0v) is 22.2. The van der Waals surface area contributed by atoms with E-state index in [1.165, 1.54) is 11.3 Å². The second-order valence-electron chi connectivity index (χ2n) is 8.61. The molecule has 0 aliphatic heterocycles. The molecule has 0 atom stereocenters. The SMILES string of the molecule is COc1ccc2nc(N(CCCn3ccnc3)C(=O)CC(c3ccccc3)c3ccccc3)sc2c1.Cl. The molecular formula is C29H29ClN4O2S. The van der Waals surface area contributed by atoms with Gasteiger partial charge in [-0.05, 0) is 35.7 Å². The van der Waals surface area contributed by atoms with Gasteiger partial charge in [-0.3, -0.25) is 9.69 Å². The summed E-state index contributed by atoms with van der Waals surface area (Å²) in [6.45, 7) is 1.35. The van der Waals surface area contributed by atoms with E-state index in [9.17, 15) is 4.79 Å². The zero-order valence-electron chi connectivity index (χ0n) is 20.6. The number of anilines is 1. The van der Waals surface area contributed by atoms with Gasteiger partial charge in [-0.25, -0.2) is 9.97 Å². The molecule has 6 nitrogen and oxygen atoms in total. The number of carbonyl (C=O) groups is 1. The molecule has 1 amide bonds. The monoisotopic (exact) mass is 532 g/mol. The molecule has 0 aliphatic carbocycles.